The summed E-state index contributed by atoms with van der Waals surface area (Å²) in [6, 6.07) is 0.290. The Morgan fingerprint density at radius 2 is 2.42 bits per heavy atom. The second kappa shape index (κ2) is 4.93. The molecular formula is C9H16N2O. The lowest BCUT2D eigenvalue weighted by molar-refractivity contribution is -0.117. The fourth-order valence-electron chi connectivity index (χ4n) is 1.40. The van der Waals surface area contributed by atoms with E-state index >= 15 is 0 Å². The minimum absolute atomic E-state index is 0.0660. The summed E-state index contributed by atoms with van der Waals surface area (Å²) in [6.07, 6.45) is 4.80. The van der Waals surface area contributed by atoms with Crippen molar-refractivity contribution in [3.8, 4) is 0 Å². The Labute approximate surface area is 73.2 Å². The first-order valence-corrected chi connectivity index (χ1v) is 4.46. The first-order valence-electron chi connectivity index (χ1n) is 4.46. The molecule has 1 amide bonds. The largest absolute Gasteiger partial charge is 0.349 e. The standard InChI is InChI=1S/C9H16N2O/c1-2-9(12)11-8-5-3-4-6-10-7-8/h2,8,10H,1,3-7H2,(H,11,12). The molecule has 0 bridgehead atoms. The van der Waals surface area contributed by atoms with E-state index in [2.05, 4.69) is 17.2 Å². The Morgan fingerprint density at radius 3 is 3.17 bits per heavy atom. The van der Waals surface area contributed by atoms with Gasteiger partial charge in [-0.3, -0.25) is 4.79 Å². The van der Waals surface area contributed by atoms with Gasteiger partial charge in [0.05, 0.1) is 0 Å². The summed E-state index contributed by atoms with van der Waals surface area (Å²) in [4.78, 5) is 10.9. The van der Waals surface area contributed by atoms with Gasteiger partial charge >= 0.3 is 0 Å². The summed E-state index contributed by atoms with van der Waals surface area (Å²) < 4.78 is 0. The number of carbonyl (C=O) groups excluding carboxylic acids is 1. The van der Waals surface area contributed by atoms with Crippen molar-refractivity contribution in [1.82, 2.24) is 10.6 Å². The zero-order valence-electron chi connectivity index (χ0n) is 7.31. The van der Waals surface area contributed by atoms with E-state index in [0.29, 0.717) is 0 Å². The highest BCUT2D eigenvalue weighted by molar-refractivity contribution is 5.87. The molecule has 68 valence electrons. The molecule has 0 radical (unpaired) electrons. The van der Waals surface area contributed by atoms with Gasteiger partial charge in [0.25, 0.3) is 0 Å². The highest BCUT2D eigenvalue weighted by Gasteiger charge is 2.11. The third-order valence-corrected chi connectivity index (χ3v) is 2.08. The number of hydrogen-bond acceptors (Lipinski definition) is 2. The quantitative estimate of drug-likeness (QED) is 0.587. The second-order valence-corrected chi connectivity index (χ2v) is 3.11. The van der Waals surface area contributed by atoms with Gasteiger partial charge < -0.3 is 10.6 Å². The van der Waals surface area contributed by atoms with Gasteiger partial charge in [0.15, 0.2) is 0 Å². The molecule has 0 spiro atoms. The molecule has 0 aromatic rings. The molecule has 0 aromatic carbocycles. The zero-order chi connectivity index (χ0) is 8.81. The molecule has 1 unspecified atom stereocenters. The molecule has 0 aliphatic carbocycles. The molecule has 1 rings (SSSR count). The molecule has 1 aliphatic heterocycles. The van der Waals surface area contributed by atoms with Crippen LogP contribution in [0.25, 0.3) is 0 Å². The number of rotatable bonds is 2. The molecule has 12 heavy (non-hydrogen) atoms. The molecule has 0 aromatic heterocycles. The summed E-state index contributed by atoms with van der Waals surface area (Å²) in [7, 11) is 0. The van der Waals surface area contributed by atoms with Crippen LogP contribution < -0.4 is 10.6 Å². The van der Waals surface area contributed by atoms with E-state index in [4.69, 9.17) is 0 Å². The maximum Gasteiger partial charge on any atom is 0.243 e. The average molecular weight is 168 g/mol. The van der Waals surface area contributed by atoms with Crippen molar-refractivity contribution in [1.29, 1.82) is 0 Å². The van der Waals surface area contributed by atoms with E-state index in [1.807, 2.05) is 0 Å². The SMILES string of the molecule is C=CC(=O)NC1CCCCNC1. The highest BCUT2D eigenvalue weighted by atomic mass is 16.1. The number of nitrogens with one attached hydrogen (secondary N) is 2. The summed E-state index contributed by atoms with van der Waals surface area (Å²) >= 11 is 0. The summed E-state index contributed by atoms with van der Waals surface area (Å²) in [5, 5.41) is 6.17. The maximum absolute atomic E-state index is 10.9. The van der Waals surface area contributed by atoms with E-state index < -0.39 is 0 Å². The third kappa shape index (κ3) is 3.05. The minimum atomic E-state index is -0.0660. The van der Waals surface area contributed by atoms with Crippen molar-refractivity contribution in [2.45, 2.75) is 25.3 Å². The lowest BCUT2D eigenvalue weighted by atomic mass is 10.1. The van der Waals surface area contributed by atoms with Crippen LogP contribution in [0, 0.1) is 0 Å². The van der Waals surface area contributed by atoms with Crippen molar-refractivity contribution in [3.05, 3.63) is 12.7 Å². The van der Waals surface area contributed by atoms with Crippen molar-refractivity contribution in [2.75, 3.05) is 13.1 Å². The fourth-order valence-corrected chi connectivity index (χ4v) is 1.40. The fraction of sp³-hybridized carbons (Fsp3) is 0.667. The molecule has 0 saturated carbocycles. The van der Waals surface area contributed by atoms with Crippen molar-refractivity contribution in [3.63, 3.8) is 0 Å². The monoisotopic (exact) mass is 168 g/mol. The molecule has 3 nitrogen and oxygen atoms in total. The van der Waals surface area contributed by atoms with E-state index in [1.165, 1.54) is 18.9 Å². The van der Waals surface area contributed by atoms with Crippen molar-refractivity contribution >= 4 is 5.91 Å². The van der Waals surface area contributed by atoms with Gasteiger partial charge in [-0.1, -0.05) is 13.0 Å². The normalized spacial score (nSPS) is 24.2. The first-order chi connectivity index (χ1) is 5.83. The topological polar surface area (TPSA) is 41.1 Å². The smallest absolute Gasteiger partial charge is 0.243 e. The van der Waals surface area contributed by atoms with E-state index in [-0.39, 0.29) is 11.9 Å². The van der Waals surface area contributed by atoms with Crippen LogP contribution >= 0.6 is 0 Å². The van der Waals surface area contributed by atoms with E-state index in [9.17, 15) is 4.79 Å². The summed E-state index contributed by atoms with van der Waals surface area (Å²) in [6.45, 7) is 5.38. The highest BCUT2D eigenvalue weighted by Crippen LogP contribution is 2.03. The van der Waals surface area contributed by atoms with Gasteiger partial charge in [-0.25, -0.2) is 0 Å². The predicted octanol–water partition coefficient (Wildman–Crippen LogP) is 0.431. The molecule has 1 fully saturated rings. The summed E-state index contributed by atoms with van der Waals surface area (Å²) in [5.41, 5.74) is 0. The number of hydrogen-bond donors (Lipinski definition) is 2. The third-order valence-electron chi connectivity index (χ3n) is 2.08. The molecule has 1 saturated heterocycles. The van der Waals surface area contributed by atoms with Gasteiger partial charge in [0.2, 0.25) is 5.91 Å². The van der Waals surface area contributed by atoms with Gasteiger partial charge in [0.1, 0.15) is 0 Å². The Balaban J connectivity index is 2.29. The van der Waals surface area contributed by atoms with Crippen LogP contribution in [0.3, 0.4) is 0 Å². The van der Waals surface area contributed by atoms with Crippen LogP contribution in [-0.4, -0.2) is 25.0 Å². The lowest BCUT2D eigenvalue weighted by Crippen LogP contribution is -2.39. The van der Waals surface area contributed by atoms with E-state index in [0.717, 1.165) is 19.5 Å². The zero-order valence-corrected chi connectivity index (χ0v) is 7.31. The second-order valence-electron chi connectivity index (χ2n) is 3.11. The van der Waals surface area contributed by atoms with Crippen LogP contribution in [0.5, 0.6) is 0 Å². The van der Waals surface area contributed by atoms with Crippen LogP contribution in [0.1, 0.15) is 19.3 Å². The van der Waals surface area contributed by atoms with Gasteiger partial charge in [-0.15, -0.1) is 0 Å². The van der Waals surface area contributed by atoms with E-state index in [1.54, 1.807) is 0 Å². The Bertz CT molecular complexity index is 160. The molecule has 3 heteroatoms. The first kappa shape index (κ1) is 9.26. The Hall–Kier alpha value is -0.830. The Morgan fingerprint density at radius 1 is 1.58 bits per heavy atom. The van der Waals surface area contributed by atoms with Gasteiger partial charge in [-0.2, -0.15) is 0 Å². The number of carbonyl (C=O) groups is 1. The maximum atomic E-state index is 10.9. The number of amides is 1. The van der Waals surface area contributed by atoms with Crippen LogP contribution in [0.2, 0.25) is 0 Å². The average Bonchev–Trinajstić information content (AvgIpc) is 2.33. The predicted molar refractivity (Wildman–Crippen MR) is 48.8 cm³/mol. The van der Waals surface area contributed by atoms with Crippen molar-refractivity contribution < 1.29 is 4.79 Å². The molecule has 2 N–H and O–H groups in total. The van der Waals surface area contributed by atoms with Crippen LogP contribution in [0.4, 0.5) is 0 Å². The molecule has 1 atom stereocenters. The summed E-state index contributed by atoms with van der Waals surface area (Å²) in [5.74, 6) is -0.0660. The lowest BCUT2D eigenvalue weighted by Gasteiger charge is -2.14. The molecule has 1 heterocycles. The molecule has 1 aliphatic rings. The van der Waals surface area contributed by atoms with Gasteiger partial charge in [-0.05, 0) is 25.5 Å². The Kier molecular flexibility index (Phi) is 3.80. The van der Waals surface area contributed by atoms with Crippen LogP contribution in [0.15, 0.2) is 12.7 Å². The molecular weight excluding hydrogens is 152 g/mol. The van der Waals surface area contributed by atoms with Crippen molar-refractivity contribution in [2.24, 2.45) is 0 Å². The minimum Gasteiger partial charge on any atom is -0.349 e. The van der Waals surface area contributed by atoms with Crippen LogP contribution in [-0.2, 0) is 4.79 Å². The van der Waals surface area contributed by atoms with Gasteiger partial charge in [0, 0.05) is 12.6 Å².